The molecule has 2 heterocycles. The summed E-state index contributed by atoms with van der Waals surface area (Å²) in [6, 6.07) is 7.60. The predicted molar refractivity (Wildman–Crippen MR) is 105 cm³/mol. The second-order valence-corrected chi connectivity index (χ2v) is 6.37. The number of benzene rings is 1. The lowest BCUT2D eigenvalue weighted by Gasteiger charge is -2.11. The zero-order valence-electron chi connectivity index (χ0n) is 16.2. The van der Waals surface area contributed by atoms with Gasteiger partial charge in [0.05, 0.1) is 19.2 Å². The molecule has 1 aromatic carbocycles. The van der Waals surface area contributed by atoms with Gasteiger partial charge in [0.25, 0.3) is 0 Å². The summed E-state index contributed by atoms with van der Waals surface area (Å²) in [6.45, 7) is 2.60. The van der Waals surface area contributed by atoms with E-state index in [0.717, 1.165) is 28.6 Å². The molecule has 0 spiro atoms. The van der Waals surface area contributed by atoms with Crippen LogP contribution in [-0.4, -0.2) is 58.3 Å². The van der Waals surface area contributed by atoms with E-state index in [-0.39, 0.29) is 0 Å². The van der Waals surface area contributed by atoms with E-state index in [4.69, 9.17) is 4.74 Å². The fraction of sp³-hybridized carbons (Fsp3) is 0.333. The Morgan fingerprint density at radius 1 is 1.15 bits per heavy atom. The molecule has 0 aliphatic heterocycles. The van der Waals surface area contributed by atoms with Gasteiger partial charge in [0.15, 0.2) is 5.82 Å². The van der Waals surface area contributed by atoms with Gasteiger partial charge in [0, 0.05) is 24.5 Å². The average molecular weight is 368 g/mol. The van der Waals surface area contributed by atoms with Crippen LogP contribution in [0.15, 0.2) is 24.3 Å². The number of aromatic amines is 1. The van der Waals surface area contributed by atoms with Crippen LogP contribution < -0.4 is 15.4 Å². The highest BCUT2D eigenvalue weighted by Crippen LogP contribution is 2.31. The zero-order valence-corrected chi connectivity index (χ0v) is 16.2. The lowest BCUT2D eigenvalue weighted by atomic mass is 10.1. The van der Waals surface area contributed by atoms with Crippen LogP contribution in [0.3, 0.4) is 0 Å². The van der Waals surface area contributed by atoms with Crippen molar-refractivity contribution in [1.29, 1.82) is 0 Å². The van der Waals surface area contributed by atoms with Gasteiger partial charge in [-0.1, -0.05) is 0 Å². The molecule has 0 aliphatic carbocycles. The molecular weight excluding hydrogens is 344 g/mol. The highest BCUT2D eigenvalue weighted by Gasteiger charge is 2.13. The Hall–Kier alpha value is -3.20. The number of H-pyrrole nitrogens is 1. The van der Waals surface area contributed by atoms with Gasteiger partial charge < -0.3 is 25.3 Å². The number of aryl methyl sites for hydroxylation is 1. The van der Waals surface area contributed by atoms with Crippen molar-refractivity contribution in [2.24, 2.45) is 0 Å². The Kier molecular flexibility index (Phi) is 5.51. The standard InChI is InChI=1S/C18H24N8O/c1-11-8-15(19-2)23-18(20-11)21-12-6-7-14(27-5)13(9-12)17-22-16(24-25-17)10-26(3)4/h6-9H,10H2,1-5H3,(H,22,24,25)(H2,19,20,21,23). The average Bonchev–Trinajstić information content (AvgIpc) is 3.08. The first-order valence-corrected chi connectivity index (χ1v) is 8.53. The molecule has 0 radical (unpaired) electrons. The Morgan fingerprint density at radius 2 is 1.96 bits per heavy atom. The molecule has 0 saturated heterocycles. The van der Waals surface area contributed by atoms with Gasteiger partial charge in [-0.2, -0.15) is 4.98 Å². The van der Waals surface area contributed by atoms with Gasteiger partial charge in [-0.3, -0.25) is 0 Å². The third kappa shape index (κ3) is 4.50. The molecule has 0 unspecified atom stereocenters. The minimum absolute atomic E-state index is 0.515. The van der Waals surface area contributed by atoms with Crippen molar-refractivity contribution in [3.05, 3.63) is 35.8 Å². The number of nitrogens with zero attached hydrogens (tertiary/aromatic N) is 5. The SMILES string of the molecule is CNc1cc(C)nc(Nc2ccc(OC)c(-c3nnc(CN(C)C)[nH]3)c2)n1. The van der Waals surface area contributed by atoms with Gasteiger partial charge in [-0.25, -0.2) is 4.98 Å². The summed E-state index contributed by atoms with van der Waals surface area (Å²) < 4.78 is 5.48. The van der Waals surface area contributed by atoms with E-state index in [9.17, 15) is 0 Å². The molecule has 2 aromatic heterocycles. The van der Waals surface area contributed by atoms with E-state index in [1.165, 1.54) is 0 Å². The van der Waals surface area contributed by atoms with Gasteiger partial charge in [-0.05, 0) is 39.2 Å². The highest BCUT2D eigenvalue weighted by atomic mass is 16.5. The number of hydrogen-bond acceptors (Lipinski definition) is 8. The van der Waals surface area contributed by atoms with Crippen molar-refractivity contribution in [1.82, 2.24) is 30.0 Å². The molecule has 142 valence electrons. The Labute approximate surface area is 158 Å². The van der Waals surface area contributed by atoms with Crippen LogP contribution in [0.4, 0.5) is 17.5 Å². The fourth-order valence-corrected chi connectivity index (χ4v) is 2.64. The second kappa shape index (κ2) is 8.00. The van der Waals surface area contributed by atoms with E-state index < -0.39 is 0 Å². The predicted octanol–water partition coefficient (Wildman–Crippen LogP) is 2.43. The lowest BCUT2D eigenvalue weighted by molar-refractivity contribution is 0.391. The highest BCUT2D eigenvalue weighted by molar-refractivity contribution is 5.71. The first kappa shape index (κ1) is 18.6. The number of anilines is 3. The monoisotopic (exact) mass is 368 g/mol. The van der Waals surface area contributed by atoms with Crippen molar-refractivity contribution in [3.8, 4) is 17.1 Å². The normalized spacial score (nSPS) is 10.9. The quantitative estimate of drug-likeness (QED) is 0.584. The van der Waals surface area contributed by atoms with Crippen LogP contribution in [-0.2, 0) is 6.54 Å². The number of aromatic nitrogens is 5. The molecule has 27 heavy (non-hydrogen) atoms. The third-order valence-electron chi connectivity index (χ3n) is 3.82. The van der Waals surface area contributed by atoms with Crippen LogP contribution >= 0.6 is 0 Å². The number of rotatable bonds is 7. The summed E-state index contributed by atoms with van der Waals surface area (Å²) in [5, 5.41) is 14.7. The third-order valence-corrected chi connectivity index (χ3v) is 3.82. The van der Waals surface area contributed by atoms with Gasteiger partial charge in [0.1, 0.15) is 17.4 Å². The first-order valence-electron chi connectivity index (χ1n) is 8.53. The molecule has 0 aliphatic rings. The van der Waals surface area contributed by atoms with Gasteiger partial charge >= 0.3 is 0 Å². The Bertz CT molecular complexity index is 921. The molecule has 0 atom stereocenters. The molecule has 3 aromatic rings. The molecule has 0 bridgehead atoms. The van der Waals surface area contributed by atoms with Crippen molar-refractivity contribution in [3.63, 3.8) is 0 Å². The number of methoxy groups -OCH3 is 1. The van der Waals surface area contributed by atoms with Crippen molar-refractivity contribution in [2.45, 2.75) is 13.5 Å². The molecule has 9 heteroatoms. The maximum atomic E-state index is 5.48. The molecule has 9 nitrogen and oxygen atoms in total. The van der Waals surface area contributed by atoms with E-state index in [1.54, 1.807) is 7.11 Å². The smallest absolute Gasteiger partial charge is 0.229 e. The van der Waals surface area contributed by atoms with Crippen molar-refractivity contribution in [2.75, 3.05) is 38.9 Å². The summed E-state index contributed by atoms with van der Waals surface area (Å²) in [6.07, 6.45) is 0. The van der Waals surface area contributed by atoms with Crippen LogP contribution in [0.5, 0.6) is 5.75 Å². The topological polar surface area (TPSA) is 104 Å². The van der Waals surface area contributed by atoms with Crippen LogP contribution in [0.2, 0.25) is 0 Å². The minimum atomic E-state index is 0.515. The van der Waals surface area contributed by atoms with Crippen LogP contribution in [0.1, 0.15) is 11.5 Å². The summed E-state index contributed by atoms with van der Waals surface area (Å²) in [5.41, 5.74) is 2.50. The number of hydrogen-bond donors (Lipinski definition) is 3. The van der Waals surface area contributed by atoms with Crippen molar-refractivity contribution < 1.29 is 4.74 Å². The number of nitrogens with one attached hydrogen (secondary N) is 3. The number of ether oxygens (including phenoxy) is 1. The summed E-state index contributed by atoms with van der Waals surface area (Å²) in [5.74, 6) is 3.40. The molecule has 0 fully saturated rings. The maximum Gasteiger partial charge on any atom is 0.229 e. The summed E-state index contributed by atoms with van der Waals surface area (Å²) in [7, 11) is 7.42. The lowest BCUT2D eigenvalue weighted by Crippen LogP contribution is -2.11. The molecule has 0 saturated carbocycles. The van der Waals surface area contributed by atoms with Crippen LogP contribution in [0.25, 0.3) is 11.4 Å². The van der Waals surface area contributed by atoms with Gasteiger partial charge in [-0.15, -0.1) is 10.2 Å². The maximum absolute atomic E-state index is 5.48. The fourth-order valence-electron chi connectivity index (χ4n) is 2.64. The largest absolute Gasteiger partial charge is 0.496 e. The first-order chi connectivity index (χ1) is 13.0. The molecule has 0 amide bonds. The van der Waals surface area contributed by atoms with E-state index in [1.807, 2.05) is 57.2 Å². The molecular formula is C18H24N8O. The molecule has 3 rings (SSSR count). The zero-order chi connectivity index (χ0) is 19.4. The molecule has 3 N–H and O–H groups in total. The van der Waals surface area contributed by atoms with E-state index >= 15 is 0 Å². The van der Waals surface area contributed by atoms with E-state index in [2.05, 4.69) is 35.8 Å². The van der Waals surface area contributed by atoms with Gasteiger partial charge in [0.2, 0.25) is 5.95 Å². The second-order valence-electron chi connectivity index (χ2n) is 6.37. The van der Waals surface area contributed by atoms with Crippen LogP contribution in [0, 0.1) is 6.92 Å². The Balaban J connectivity index is 1.92. The summed E-state index contributed by atoms with van der Waals surface area (Å²) in [4.78, 5) is 14.1. The Morgan fingerprint density at radius 3 is 2.67 bits per heavy atom. The minimum Gasteiger partial charge on any atom is -0.496 e. The van der Waals surface area contributed by atoms with Crippen molar-refractivity contribution >= 4 is 17.5 Å². The summed E-state index contributed by atoms with van der Waals surface area (Å²) >= 11 is 0. The van der Waals surface area contributed by atoms with E-state index in [0.29, 0.717) is 24.1 Å².